The average Bonchev–Trinajstić information content (AvgIpc) is 2.74. The van der Waals surface area contributed by atoms with Gasteiger partial charge >= 0.3 is 0 Å². The number of sulfonamides is 1. The number of ether oxygens (including phenoxy) is 1. The Bertz CT molecular complexity index is 1200. The lowest BCUT2D eigenvalue weighted by atomic mass is 10.0. The molecule has 0 unspecified atom stereocenters. The van der Waals surface area contributed by atoms with Crippen molar-refractivity contribution < 1.29 is 23.1 Å². The highest BCUT2D eigenvalue weighted by Crippen LogP contribution is 2.40. The molecule has 1 saturated heterocycles. The SMILES string of the molecule is CC1(C)Oc2cnc(NC3CCN(S(C)(=O)=O)CC3)nc2N(c2cccc(C(C)(C)O)n2)C1=O. The van der Waals surface area contributed by atoms with Gasteiger partial charge in [0.1, 0.15) is 11.4 Å². The van der Waals surface area contributed by atoms with Crippen molar-refractivity contribution in [3.63, 3.8) is 0 Å². The van der Waals surface area contributed by atoms with Crippen LogP contribution in [0.25, 0.3) is 0 Å². The van der Waals surface area contributed by atoms with Gasteiger partial charge in [0.2, 0.25) is 16.0 Å². The first-order valence-electron chi connectivity index (χ1n) is 11.1. The molecule has 2 aromatic heterocycles. The van der Waals surface area contributed by atoms with E-state index in [4.69, 9.17) is 4.74 Å². The molecule has 1 fully saturated rings. The van der Waals surface area contributed by atoms with Crippen LogP contribution in [0.5, 0.6) is 5.75 Å². The average molecular weight is 491 g/mol. The molecule has 11 nitrogen and oxygen atoms in total. The standard InChI is InChI=1S/C22H30N6O5S/c1-21(2,30)16-7-6-8-17(25-16)28-18-15(33-22(3,4)19(28)29)13-23-20(26-18)24-14-9-11-27(12-10-14)34(5,31)32/h6-8,13-14,30H,9-12H2,1-5H3,(H,23,24,26). The molecule has 0 atom stereocenters. The van der Waals surface area contributed by atoms with E-state index < -0.39 is 21.2 Å². The maximum absolute atomic E-state index is 13.4. The first-order chi connectivity index (χ1) is 15.8. The largest absolute Gasteiger partial charge is 0.472 e. The number of nitrogens with one attached hydrogen (secondary N) is 1. The number of hydrogen-bond donors (Lipinski definition) is 2. The summed E-state index contributed by atoms with van der Waals surface area (Å²) in [4.78, 5) is 28.2. The summed E-state index contributed by atoms with van der Waals surface area (Å²) in [6, 6.07) is 5.07. The van der Waals surface area contributed by atoms with E-state index in [9.17, 15) is 18.3 Å². The minimum absolute atomic E-state index is 0.0159. The van der Waals surface area contributed by atoms with Gasteiger partial charge in [-0.05, 0) is 52.7 Å². The third-order valence-corrected chi connectivity index (χ3v) is 7.18. The van der Waals surface area contributed by atoms with Crippen LogP contribution in [0.1, 0.15) is 46.2 Å². The van der Waals surface area contributed by atoms with Crippen molar-refractivity contribution >= 4 is 33.5 Å². The molecule has 34 heavy (non-hydrogen) atoms. The van der Waals surface area contributed by atoms with Gasteiger partial charge in [-0.15, -0.1) is 0 Å². The van der Waals surface area contributed by atoms with Gasteiger partial charge in [-0.3, -0.25) is 4.79 Å². The second-order valence-corrected chi connectivity index (χ2v) is 11.6. The monoisotopic (exact) mass is 490 g/mol. The molecular formula is C22H30N6O5S. The zero-order valence-corrected chi connectivity index (χ0v) is 20.8. The Morgan fingerprint density at radius 2 is 1.88 bits per heavy atom. The molecule has 0 aliphatic carbocycles. The van der Waals surface area contributed by atoms with Gasteiger partial charge in [0.25, 0.3) is 5.91 Å². The predicted molar refractivity (Wildman–Crippen MR) is 126 cm³/mol. The first-order valence-corrected chi connectivity index (χ1v) is 12.9. The molecule has 1 amide bonds. The minimum Gasteiger partial charge on any atom is -0.472 e. The van der Waals surface area contributed by atoms with Crippen molar-refractivity contribution in [2.45, 2.75) is 57.8 Å². The van der Waals surface area contributed by atoms with Gasteiger partial charge in [-0.2, -0.15) is 4.98 Å². The second kappa shape index (κ2) is 8.43. The van der Waals surface area contributed by atoms with Crippen LogP contribution < -0.4 is 15.0 Å². The summed E-state index contributed by atoms with van der Waals surface area (Å²) in [5.41, 5.74) is -1.95. The van der Waals surface area contributed by atoms with E-state index in [0.29, 0.717) is 49.1 Å². The number of hydrogen-bond acceptors (Lipinski definition) is 9. The number of anilines is 3. The quantitative estimate of drug-likeness (QED) is 0.642. The number of pyridine rings is 1. The number of fused-ring (bicyclic) bond motifs is 1. The molecule has 0 saturated carbocycles. The maximum Gasteiger partial charge on any atom is 0.277 e. The van der Waals surface area contributed by atoms with Crippen LogP contribution in [0.3, 0.4) is 0 Å². The van der Waals surface area contributed by atoms with Crippen molar-refractivity contribution in [2.24, 2.45) is 0 Å². The molecule has 4 rings (SSSR count). The van der Waals surface area contributed by atoms with Crippen molar-refractivity contribution in [1.82, 2.24) is 19.3 Å². The Labute approximate surface area is 199 Å². The molecule has 12 heteroatoms. The number of aromatic nitrogens is 3. The zero-order valence-electron chi connectivity index (χ0n) is 19.9. The molecule has 2 aliphatic rings. The lowest BCUT2D eigenvalue weighted by molar-refractivity contribution is -0.131. The molecular weight excluding hydrogens is 460 g/mol. The number of nitrogens with zero attached hydrogens (tertiary/aromatic N) is 5. The fraction of sp³-hybridized carbons (Fsp3) is 0.545. The zero-order chi connectivity index (χ0) is 24.9. The first kappa shape index (κ1) is 24.3. The highest BCUT2D eigenvalue weighted by molar-refractivity contribution is 7.88. The maximum atomic E-state index is 13.4. The third-order valence-electron chi connectivity index (χ3n) is 5.88. The fourth-order valence-corrected chi connectivity index (χ4v) is 4.84. The van der Waals surface area contributed by atoms with Gasteiger partial charge in [0, 0.05) is 19.1 Å². The minimum atomic E-state index is -3.21. The van der Waals surface area contributed by atoms with Crippen LogP contribution in [-0.2, 0) is 20.4 Å². The third kappa shape index (κ3) is 4.84. The molecule has 0 spiro atoms. The molecule has 2 aromatic rings. The number of carbonyl (C=O) groups excluding carboxylic acids is 1. The van der Waals surface area contributed by atoms with E-state index in [1.54, 1.807) is 45.9 Å². The van der Waals surface area contributed by atoms with Crippen molar-refractivity contribution in [3.05, 3.63) is 30.1 Å². The number of aliphatic hydroxyl groups is 1. The Morgan fingerprint density at radius 1 is 1.21 bits per heavy atom. The van der Waals surface area contributed by atoms with E-state index in [-0.39, 0.29) is 17.8 Å². The lowest BCUT2D eigenvalue weighted by Crippen LogP contribution is -2.51. The molecule has 0 radical (unpaired) electrons. The molecule has 2 aliphatic heterocycles. The Morgan fingerprint density at radius 3 is 2.50 bits per heavy atom. The number of carbonyl (C=O) groups is 1. The molecule has 4 heterocycles. The normalized spacial score (nSPS) is 19.5. The van der Waals surface area contributed by atoms with Crippen LogP contribution in [0.15, 0.2) is 24.4 Å². The van der Waals surface area contributed by atoms with Crippen LogP contribution in [-0.4, -0.2) is 69.7 Å². The molecule has 0 bridgehead atoms. The number of rotatable bonds is 5. The predicted octanol–water partition coefficient (Wildman–Crippen LogP) is 1.77. The molecule has 0 aromatic carbocycles. The van der Waals surface area contributed by atoms with Crippen LogP contribution in [0.4, 0.5) is 17.6 Å². The summed E-state index contributed by atoms with van der Waals surface area (Å²) in [5, 5.41) is 13.7. The number of piperidine rings is 1. The fourth-order valence-electron chi connectivity index (χ4n) is 3.96. The van der Waals surface area contributed by atoms with E-state index in [2.05, 4.69) is 20.3 Å². The van der Waals surface area contributed by atoms with Crippen LogP contribution in [0, 0.1) is 0 Å². The highest BCUT2D eigenvalue weighted by atomic mass is 32.2. The summed E-state index contributed by atoms with van der Waals surface area (Å²) in [5.74, 6) is 0.837. The summed E-state index contributed by atoms with van der Waals surface area (Å²) in [7, 11) is -3.21. The smallest absolute Gasteiger partial charge is 0.277 e. The van der Waals surface area contributed by atoms with E-state index in [1.807, 2.05) is 0 Å². The topological polar surface area (TPSA) is 138 Å². The van der Waals surface area contributed by atoms with Crippen molar-refractivity contribution in [2.75, 3.05) is 29.6 Å². The van der Waals surface area contributed by atoms with Crippen molar-refractivity contribution in [1.29, 1.82) is 0 Å². The summed E-state index contributed by atoms with van der Waals surface area (Å²) in [6.45, 7) is 7.39. The Hall–Kier alpha value is -2.83. The molecule has 184 valence electrons. The van der Waals surface area contributed by atoms with Gasteiger partial charge in [0.15, 0.2) is 17.2 Å². The van der Waals surface area contributed by atoms with Gasteiger partial charge in [0.05, 0.1) is 18.1 Å². The van der Waals surface area contributed by atoms with E-state index in [1.165, 1.54) is 21.7 Å². The summed E-state index contributed by atoms with van der Waals surface area (Å²) in [6.07, 6.45) is 3.93. The van der Waals surface area contributed by atoms with Gasteiger partial charge in [-0.1, -0.05) is 6.07 Å². The highest BCUT2D eigenvalue weighted by Gasteiger charge is 2.44. The van der Waals surface area contributed by atoms with E-state index >= 15 is 0 Å². The number of amides is 1. The summed E-state index contributed by atoms with van der Waals surface area (Å²) >= 11 is 0. The molecule has 2 N–H and O–H groups in total. The van der Waals surface area contributed by atoms with Crippen molar-refractivity contribution in [3.8, 4) is 5.75 Å². The van der Waals surface area contributed by atoms with Gasteiger partial charge in [-0.25, -0.2) is 27.6 Å². The Balaban J connectivity index is 1.65. The lowest BCUT2D eigenvalue weighted by Gasteiger charge is -2.37. The summed E-state index contributed by atoms with van der Waals surface area (Å²) < 4.78 is 30.9. The Kier molecular flexibility index (Phi) is 6.03. The second-order valence-electron chi connectivity index (χ2n) is 9.66. The van der Waals surface area contributed by atoms with E-state index in [0.717, 1.165) is 0 Å². The van der Waals surface area contributed by atoms with Gasteiger partial charge < -0.3 is 15.2 Å². The van der Waals surface area contributed by atoms with Crippen LogP contribution in [0.2, 0.25) is 0 Å². The van der Waals surface area contributed by atoms with Crippen LogP contribution >= 0.6 is 0 Å².